The van der Waals surface area contributed by atoms with Gasteiger partial charge in [-0.2, -0.15) is 5.10 Å². The van der Waals surface area contributed by atoms with Crippen molar-refractivity contribution in [2.45, 2.75) is 6.42 Å². The van der Waals surface area contributed by atoms with E-state index in [1.807, 2.05) is 0 Å². The summed E-state index contributed by atoms with van der Waals surface area (Å²) < 4.78 is 0. The summed E-state index contributed by atoms with van der Waals surface area (Å²) in [5, 5.41) is 24.7. The first kappa shape index (κ1) is 8.47. The highest BCUT2D eigenvalue weighted by molar-refractivity contribution is 5.55. The summed E-state index contributed by atoms with van der Waals surface area (Å²) in [5.41, 5.74) is 5.21. The van der Waals surface area contributed by atoms with Crippen molar-refractivity contribution in [3.63, 3.8) is 0 Å². The standard InChI is InChI=1S/C5H8N4O3/c6-5-4(9(11)12)3(1-2-10)7-8-5/h10H,1-2H2,(H3,6,7,8). The van der Waals surface area contributed by atoms with Crippen molar-refractivity contribution in [3.8, 4) is 0 Å². The van der Waals surface area contributed by atoms with Crippen molar-refractivity contribution in [1.82, 2.24) is 10.2 Å². The van der Waals surface area contributed by atoms with E-state index in [4.69, 9.17) is 10.8 Å². The van der Waals surface area contributed by atoms with Gasteiger partial charge < -0.3 is 10.8 Å². The number of nitrogens with two attached hydrogens (primary N) is 1. The van der Waals surface area contributed by atoms with Gasteiger partial charge in [0.2, 0.25) is 5.82 Å². The van der Waals surface area contributed by atoms with Crippen molar-refractivity contribution < 1.29 is 10.0 Å². The average molecular weight is 172 g/mol. The van der Waals surface area contributed by atoms with Gasteiger partial charge in [-0.15, -0.1) is 0 Å². The topological polar surface area (TPSA) is 118 Å². The summed E-state index contributed by atoms with van der Waals surface area (Å²) >= 11 is 0. The van der Waals surface area contributed by atoms with Crippen LogP contribution in [0.5, 0.6) is 0 Å². The molecule has 0 saturated heterocycles. The van der Waals surface area contributed by atoms with Gasteiger partial charge in [0.15, 0.2) is 0 Å². The van der Waals surface area contributed by atoms with Crippen LogP contribution in [0, 0.1) is 10.1 Å². The Kier molecular flexibility index (Phi) is 2.24. The number of nitrogens with zero attached hydrogens (tertiary/aromatic N) is 2. The molecule has 0 saturated carbocycles. The van der Waals surface area contributed by atoms with Crippen molar-refractivity contribution in [3.05, 3.63) is 15.8 Å². The minimum Gasteiger partial charge on any atom is -0.396 e. The monoisotopic (exact) mass is 172 g/mol. The van der Waals surface area contributed by atoms with E-state index in [0.717, 1.165) is 0 Å². The van der Waals surface area contributed by atoms with Gasteiger partial charge in [-0.05, 0) is 0 Å². The van der Waals surface area contributed by atoms with E-state index in [9.17, 15) is 10.1 Å². The van der Waals surface area contributed by atoms with E-state index in [1.54, 1.807) is 0 Å². The SMILES string of the molecule is Nc1n[nH]c(CCO)c1[N+](=O)[O-]. The number of nitrogens with one attached hydrogen (secondary N) is 1. The van der Waals surface area contributed by atoms with Crippen LogP contribution in [0.2, 0.25) is 0 Å². The van der Waals surface area contributed by atoms with Crippen LogP contribution in [0.25, 0.3) is 0 Å². The molecular formula is C5H8N4O3. The van der Waals surface area contributed by atoms with Crippen LogP contribution in [-0.2, 0) is 6.42 Å². The molecule has 0 aliphatic carbocycles. The van der Waals surface area contributed by atoms with Crippen LogP contribution in [0.15, 0.2) is 0 Å². The molecule has 0 aliphatic heterocycles. The van der Waals surface area contributed by atoms with Crippen LogP contribution >= 0.6 is 0 Å². The van der Waals surface area contributed by atoms with Crippen LogP contribution in [-0.4, -0.2) is 26.8 Å². The van der Waals surface area contributed by atoms with E-state index in [0.29, 0.717) is 0 Å². The fourth-order valence-electron chi connectivity index (χ4n) is 0.878. The highest BCUT2D eigenvalue weighted by Crippen LogP contribution is 2.22. The third-order valence-corrected chi connectivity index (χ3v) is 1.38. The molecule has 4 N–H and O–H groups in total. The summed E-state index contributed by atoms with van der Waals surface area (Å²) in [7, 11) is 0. The Morgan fingerprint density at radius 2 is 2.42 bits per heavy atom. The smallest absolute Gasteiger partial charge is 0.333 e. The first-order valence-electron chi connectivity index (χ1n) is 3.24. The molecule has 1 rings (SSSR count). The Labute approximate surface area is 67.3 Å². The molecule has 1 aromatic heterocycles. The molecule has 0 radical (unpaired) electrons. The van der Waals surface area contributed by atoms with Crippen molar-refractivity contribution in [2.24, 2.45) is 0 Å². The Bertz CT molecular complexity index is 295. The second-order valence-corrected chi connectivity index (χ2v) is 2.17. The lowest BCUT2D eigenvalue weighted by Crippen LogP contribution is -1.98. The van der Waals surface area contributed by atoms with Gasteiger partial charge in [0, 0.05) is 13.0 Å². The molecule has 0 unspecified atom stereocenters. The summed E-state index contributed by atoms with van der Waals surface area (Å²) in [5.74, 6) is -0.150. The quantitative estimate of drug-likeness (QED) is 0.417. The number of hydrogen-bond acceptors (Lipinski definition) is 5. The maximum Gasteiger partial charge on any atom is 0.333 e. The van der Waals surface area contributed by atoms with E-state index in [1.165, 1.54) is 0 Å². The van der Waals surface area contributed by atoms with Crippen molar-refractivity contribution in [1.29, 1.82) is 0 Å². The van der Waals surface area contributed by atoms with E-state index in [2.05, 4.69) is 10.2 Å². The number of rotatable bonds is 3. The van der Waals surface area contributed by atoms with E-state index >= 15 is 0 Å². The van der Waals surface area contributed by atoms with Gasteiger partial charge in [0.25, 0.3) is 0 Å². The van der Waals surface area contributed by atoms with Crippen LogP contribution in [0.3, 0.4) is 0 Å². The largest absolute Gasteiger partial charge is 0.396 e. The molecule has 7 heteroatoms. The number of hydrogen-bond donors (Lipinski definition) is 3. The van der Waals surface area contributed by atoms with Gasteiger partial charge >= 0.3 is 5.69 Å². The number of anilines is 1. The fraction of sp³-hybridized carbons (Fsp3) is 0.400. The molecular weight excluding hydrogens is 164 g/mol. The third-order valence-electron chi connectivity index (χ3n) is 1.38. The van der Waals surface area contributed by atoms with Gasteiger partial charge in [-0.1, -0.05) is 0 Å². The van der Waals surface area contributed by atoms with Gasteiger partial charge in [-0.3, -0.25) is 15.2 Å². The molecule has 0 amide bonds. The van der Waals surface area contributed by atoms with Crippen LogP contribution < -0.4 is 5.73 Å². The number of aliphatic hydroxyl groups is 1. The maximum atomic E-state index is 10.4. The average Bonchev–Trinajstić information content (AvgIpc) is 2.32. The van der Waals surface area contributed by atoms with Crippen molar-refractivity contribution >= 4 is 11.5 Å². The Hall–Kier alpha value is -1.63. The summed E-state index contributed by atoms with van der Waals surface area (Å²) in [6, 6.07) is 0. The summed E-state index contributed by atoms with van der Waals surface area (Å²) in [6.07, 6.45) is 0.153. The van der Waals surface area contributed by atoms with E-state index in [-0.39, 0.29) is 30.2 Å². The predicted molar refractivity (Wildman–Crippen MR) is 40.4 cm³/mol. The second kappa shape index (κ2) is 3.18. The number of H-pyrrole nitrogens is 1. The van der Waals surface area contributed by atoms with Crippen molar-refractivity contribution in [2.75, 3.05) is 12.3 Å². The molecule has 0 spiro atoms. The summed E-state index contributed by atoms with van der Waals surface area (Å²) in [6.45, 7) is -0.178. The minimum absolute atomic E-state index is 0.150. The zero-order valence-corrected chi connectivity index (χ0v) is 6.15. The van der Waals surface area contributed by atoms with Gasteiger partial charge in [0.1, 0.15) is 5.69 Å². The van der Waals surface area contributed by atoms with E-state index < -0.39 is 4.92 Å². The normalized spacial score (nSPS) is 10.1. The van der Waals surface area contributed by atoms with Gasteiger partial charge in [0.05, 0.1) is 4.92 Å². The second-order valence-electron chi connectivity index (χ2n) is 2.17. The highest BCUT2D eigenvalue weighted by atomic mass is 16.6. The number of nitro groups is 1. The molecule has 0 atom stereocenters. The molecule has 0 aromatic carbocycles. The van der Waals surface area contributed by atoms with Crippen LogP contribution in [0.1, 0.15) is 5.69 Å². The molecule has 0 aliphatic rings. The fourth-order valence-corrected chi connectivity index (χ4v) is 0.878. The first-order valence-corrected chi connectivity index (χ1v) is 3.24. The highest BCUT2D eigenvalue weighted by Gasteiger charge is 2.20. The number of aliphatic hydroxyl groups excluding tert-OH is 1. The zero-order valence-electron chi connectivity index (χ0n) is 6.15. The number of nitrogen functional groups attached to an aromatic ring is 1. The summed E-state index contributed by atoms with van der Waals surface area (Å²) in [4.78, 5) is 9.74. The first-order chi connectivity index (χ1) is 5.66. The molecule has 66 valence electrons. The third kappa shape index (κ3) is 1.35. The lowest BCUT2D eigenvalue weighted by molar-refractivity contribution is -0.384. The maximum absolute atomic E-state index is 10.4. The molecule has 0 fully saturated rings. The molecule has 7 nitrogen and oxygen atoms in total. The lowest BCUT2D eigenvalue weighted by atomic mass is 10.3. The molecule has 0 bridgehead atoms. The Morgan fingerprint density at radius 1 is 1.75 bits per heavy atom. The number of aromatic amines is 1. The Balaban J connectivity index is 3.04. The lowest BCUT2D eigenvalue weighted by Gasteiger charge is -1.91. The Morgan fingerprint density at radius 3 is 2.92 bits per heavy atom. The van der Waals surface area contributed by atoms with Gasteiger partial charge in [-0.25, -0.2) is 0 Å². The molecule has 12 heavy (non-hydrogen) atoms. The zero-order chi connectivity index (χ0) is 9.14. The number of aromatic nitrogens is 2. The molecule has 1 heterocycles. The minimum atomic E-state index is -0.621. The van der Waals surface area contributed by atoms with Crippen LogP contribution in [0.4, 0.5) is 11.5 Å². The molecule has 1 aromatic rings. The predicted octanol–water partition coefficient (Wildman–Crippen LogP) is -0.565.